The van der Waals surface area contributed by atoms with Crippen molar-refractivity contribution in [3.63, 3.8) is 0 Å². The van der Waals surface area contributed by atoms with Gasteiger partial charge in [0.05, 0.1) is 32.4 Å². The molecule has 36 heavy (non-hydrogen) atoms. The Morgan fingerprint density at radius 3 is 2.42 bits per heavy atom. The number of benzene rings is 2. The van der Waals surface area contributed by atoms with E-state index in [2.05, 4.69) is 45.6 Å². The molecule has 0 aliphatic carbocycles. The molecule has 0 aromatic heterocycles. The van der Waals surface area contributed by atoms with Gasteiger partial charge in [-0.1, -0.05) is 24.3 Å². The van der Waals surface area contributed by atoms with E-state index in [1.54, 1.807) is 33.3 Å². The second-order valence-corrected chi connectivity index (χ2v) is 8.81. The number of nitrogens with zero attached hydrogens (tertiary/aromatic N) is 2. The number of methoxy groups -OCH3 is 2. The minimum atomic E-state index is -0.680. The second-order valence-electron chi connectivity index (χ2n) is 8.81. The summed E-state index contributed by atoms with van der Waals surface area (Å²) in [5, 5.41) is 5.75. The lowest BCUT2D eigenvalue weighted by atomic mass is 9.94. The summed E-state index contributed by atoms with van der Waals surface area (Å²) in [5.41, 5.74) is 4.15. The zero-order valence-electron chi connectivity index (χ0n) is 21.3. The number of aryl methyl sites for hydroxylation is 1. The van der Waals surface area contributed by atoms with Crippen LogP contribution in [0.2, 0.25) is 0 Å². The number of nitrogens with one attached hydrogen (secondary N) is 2. The van der Waals surface area contributed by atoms with Gasteiger partial charge in [0.1, 0.15) is 0 Å². The highest BCUT2D eigenvalue weighted by Crippen LogP contribution is 2.34. The van der Waals surface area contributed by atoms with Crippen LogP contribution in [0.3, 0.4) is 0 Å². The van der Waals surface area contributed by atoms with Gasteiger partial charge in [-0.2, -0.15) is 0 Å². The monoisotopic (exact) mass is 494 g/mol. The highest BCUT2D eigenvalue weighted by atomic mass is 16.5. The lowest BCUT2D eigenvalue weighted by Crippen LogP contribution is -2.52. The molecule has 4 rings (SSSR count). The second kappa shape index (κ2) is 11.3. The van der Waals surface area contributed by atoms with Crippen LogP contribution < -0.4 is 25.0 Å². The van der Waals surface area contributed by atoms with Gasteiger partial charge < -0.3 is 29.7 Å². The van der Waals surface area contributed by atoms with Crippen molar-refractivity contribution < 1.29 is 23.8 Å². The number of carbonyl (C=O) groups is 2. The molecular weight excluding hydrogens is 460 g/mol. The zero-order valence-corrected chi connectivity index (χ0v) is 21.3. The molecule has 2 heterocycles. The quantitative estimate of drug-likeness (QED) is 0.545. The van der Waals surface area contributed by atoms with Gasteiger partial charge in [0.25, 0.3) is 0 Å². The van der Waals surface area contributed by atoms with E-state index in [0.29, 0.717) is 34.9 Å². The normalized spacial score (nSPS) is 18.4. The maximum Gasteiger partial charge on any atom is 0.338 e. The van der Waals surface area contributed by atoms with Crippen molar-refractivity contribution in [1.82, 2.24) is 15.5 Å². The minimum Gasteiger partial charge on any atom is -0.493 e. The molecule has 2 N–H and O–H groups in total. The SMILES string of the molecule is CCOC(=O)C1=C(CN2CCN(c3ccccc3C)CC2)NC(=O)N[C@H]1c1ccc(OC)c(OC)c1. The van der Waals surface area contributed by atoms with Gasteiger partial charge in [-0.15, -0.1) is 0 Å². The van der Waals surface area contributed by atoms with Crippen molar-refractivity contribution in [3.8, 4) is 11.5 Å². The van der Waals surface area contributed by atoms with E-state index in [9.17, 15) is 9.59 Å². The molecule has 0 spiro atoms. The molecule has 2 aliphatic rings. The van der Waals surface area contributed by atoms with E-state index in [4.69, 9.17) is 14.2 Å². The molecule has 0 bridgehead atoms. The highest BCUT2D eigenvalue weighted by Gasteiger charge is 2.35. The Balaban J connectivity index is 1.60. The third-order valence-corrected chi connectivity index (χ3v) is 6.60. The summed E-state index contributed by atoms with van der Waals surface area (Å²) in [5.74, 6) is 0.619. The van der Waals surface area contributed by atoms with E-state index in [-0.39, 0.29) is 12.6 Å². The first-order chi connectivity index (χ1) is 17.4. The van der Waals surface area contributed by atoms with Crippen molar-refractivity contribution in [2.75, 3.05) is 58.5 Å². The van der Waals surface area contributed by atoms with Crippen LogP contribution in [0.25, 0.3) is 0 Å². The molecule has 0 radical (unpaired) electrons. The van der Waals surface area contributed by atoms with Crippen LogP contribution in [0.15, 0.2) is 53.7 Å². The maximum absolute atomic E-state index is 13.1. The summed E-state index contributed by atoms with van der Waals surface area (Å²) in [4.78, 5) is 30.4. The topological polar surface area (TPSA) is 92.4 Å². The maximum atomic E-state index is 13.1. The van der Waals surface area contributed by atoms with E-state index in [0.717, 1.165) is 26.2 Å². The molecule has 2 aliphatic heterocycles. The fourth-order valence-corrected chi connectivity index (χ4v) is 4.76. The van der Waals surface area contributed by atoms with E-state index in [1.165, 1.54) is 11.3 Å². The van der Waals surface area contributed by atoms with Crippen LogP contribution in [-0.2, 0) is 9.53 Å². The van der Waals surface area contributed by atoms with E-state index >= 15 is 0 Å². The average Bonchev–Trinajstić information content (AvgIpc) is 2.89. The first-order valence-electron chi connectivity index (χ1n) is 12.2. The minimum absolute atomic E-state index is 0.233. The number of anilines is 1. The molecule has 1 saturated heterocycles. The Morgan fingerprint density at radius 2 is 1.75 bits per heavy atom. The van der Waals surface area contributed by atoms with Crippen LogP contribution in [0, 0.1) is 6.92 Å². The third kappa shape index (κ3) is 5.41. The van der Waals surface area contributed by atoms with Gasteiger partial charge in [0.15, 0.2) is 11.5 Å². The number of esters is 1. The van der Waals surface area contributed by atoms with E-state index < -0.39 is 12.0 Å². The molecule has 192 valence electrons. The molecule has 1 fully saturated rings. The van der Waals surface area contributed by atoms with E-state index in [1.807, 2.05) is 12.1 Å². The lowest BCUT2D eigenvalue weighted by molar-refractivity contribution is -0.139. The number of hydrogen-bond donors (Lipinski definition) is 2. The van der Waals surface area contributed by atoms with Crippen molar-refractivity contribution in [2.24, 2.45) is 0 Å². The molecule has 2 aromatic rings. The number of urea groups is 1. The number of carbonyl (C=O) groups excluding carboxylic acids is 2. The molecule has 0 unspecified atom stereocenters. The van der Waals surface area contributed by atoms with Gasteiger partial charge in [-0.25, -0.2) is 9.59 Å². The fraction of sp³-hybridized carbons (Fsp3) is 0.407. The van der Waals surface area contributed by atoms with Crippen molar-refractivity contribution in [3.05, 3.63) is 64.9 Å². The summed E-state index contributed by atoms with van der Waals surface area (Å²) in [6, 6.07) is 12.7. The van der Waals surface area contributed by atoms with Crippen LogP contribution >= 0.6 is 0 Å². The third-order valence-electron chi connectivity index (χ3n) is 6.60. The number of hydrogen-bond acceptors (Lipinski definition) is 7. The van der Waals surface area contributed by atoms with Gasteiger partial charge in [-0.05, 0) is 43.2 Å². The Labute approximate surface area is 212 Å². The standard InChI is InChI=1S/C27H34N4O5/c1-5-36-26(32)24-20(17-30-12-14-31(15-13-30)21-9-7-6-8-18(21)2)28-27(33)29-25(24)19-10-11-22(34-3)23(16-19)35-4/h6-11,16,25H,5,12-15,17H2,1-4H3,(H2,28,29,33)/t25-/m0/s1. The summed E-state index contributed by atoms with van der Waals surface area (Å²) < 4.78 is 16.2. The summed E-state index contributed by atoms with van der Waals surface area (Å²) in [6.45, 7) is 7.89. The molecule has 1 atom stereocenters. The number of rotatable bonds is 8. The number of ether oxygens (including phenoxy) is 3. The summed E-state index contributed by atoms with van der Waals surface area (Å²) in [6.07, 6.45) is 0. The highest BCUT2D eigenvalue weighted by molar-refractivity contribution is 5.95. The van der Waals surface area contributed by atoms with Crippen molar-refractivity contribution in [1.29, 1.82) is 0 Å². The first-order valence-corrected chi connectivity index (χ1v) is 12.2. The van der Waals surface area contributed by atoms with Gasteiger partial charge in [0.2, 0.25) is 0 Å². The van der Waals surface area contributed by atoms with Crippen LogP contribution in [0.5, 0.6) is 11.5 Å². The van der Waals surface area contributed by atoms with Crippen LogP contribution in [0.4, 0.5) is 10.5 Å². The Bertz CT molecular complexity index is 1140. The fourth-order valence-electron chi connectivity index (χ4n) is 4.76. The van der Waals surface area contributed by atoms with Crippen LogP contribution in [-0.4, -0.2) is 70.5 Å². The molecule has 2 amide bonds. The largest absolute Gasteiger partial charge is 0.493 e. The molecule has 9 heteroatoms. The molecule has 2 aromatic carbocycles. The Hall–Kier alpha value is -3.72. The molecule has 9 nitrogen and oxygen atoms in total. The van der Waals surface area contributed by atoms with Crippen molar-refractivity contribution in [2.45, 2.75) is 19.9 Å². The Morgan fingerprint density at radius 1 is 1.03 bits per heavy atom. The van der Waals surface area contributed by atoms with Gasteiger partial charge in [-0.3, -0.25) is 4.90 Å². The molecular formula is C27H34N4O5. The van der Waals surface area contributed by atoms with Crippen molar-refractivity contribution >= 4 is 17.7 Å². The first kappa shape index (κ1) is 25.4. The molecule has 0 saturated carbocycles. The Kier molecular flexibility index (Phi) is 8.00. The number of piperazine rings is 1. The average molecular weight is 495 g/mol. The number of para-hydroxylation sites is 1. The predicted molar refractivity (Wildman–Crippen MR) is 137 cm³/mol. The predicted octanol–water partition coefficient (Wildman–Crippen LogP) is 3.01. The summed E-state index contributed by atoms with van der Waals surface area (Å²) >= 11 is 0. The zero-order chi connectivity index (χ0) is 25.7. The lowest BCUT2D eigenvalue weighted by Gasteiger charge is -2.38. The number of amides is 2. The summed E-state index contributed by atoms with van der Waals surface area (Å²) in [7, 11) is 3.11. The smallest absolute Gasteiger partial charge is 0.338 e. The van der Waals surface area contributed by atoms with Crippen LogP contribution in [0.1, 0.15) is 24.1 Å². The van der Waals surface area contributed by atoms with Gasteiger partial charge >= 0.3 is 12.0 Å². The van der Waals surface area contributed by atoms with Gasteiger partial charge in [0, 0.05) is 44.1 Å².